The van der Waals surface area contributed by atoms with Crippen molar-refractivity contribution in [3.8, 4) is 0 Å². The molecule has 0 aromatic carbocycles. The lowest BCUT2D eigenvalue weighted by Gasteiger charge is -2.15. The van der Waals surface area contributed by atoms with Gasteiger partial charge in [-0.2, -0.15) is 0 Å². The second-order valence-corrected chi connectivity index (χ2v) is 4.20. The van der Waals surface area contributed by atoms with Gasteiger partial charge in [0, 0.05) is 13.2 Å². The van der Waals surface area contributed by atoms with Crippen molar-refractivity contribution in [1.29, 1.82) is 0 Å². The summed E-state index contributed by atoms with van der Waals surface area (Å²) in [4.78, 5) is 22.6. The number of carbonyl (C=O) groups excluding carboxylic acids is 1. The summed E-state index contributed by atoms with van der Waals surface area (Å²) in [6.45, 7) is 0.638. The molecule has 16 heavy (non-hydrogen) atoms. The van der Waals surface area contributed by atoms with E-state index >= 15 is 0 Å². The number of nitrogens with one attached hydrogen (secondary N) is 1. The van der Waals surface area contributed by atoms with Crippen LogP contribution in [0.4, 0.5) is 0 Å². The average Bonchev–Trinajstić information content (AvgIpc) is 2.73. The molecule has 3 N–H and O–H groups in total. The van der Waals surface area contributed by atoms with Gasteiger partial charge in [0.1, 0.15) is 0 Å². The fourth-order valence-corrected chi connectivity index (χ4v) is 2.15. The van der Waals surface area contributed by atoms with Gasteiger partial charge in [0.15, 0.2) is 0 Å². The number of carbonyl (C=O) groups is 2. The third kappa shape index (κ3) is 3.48. The molecule has 0 bridgehead atoms. The number of aliphatic hydroxyl groups excluding tert-OH is 1. The Balaban J connectivity index is 2.32. The van der Waals surface area contributed by atoms with Crippen molar-refractivity contribution >= 4 is 11.9 Å². The van der Waals surface area contributed by atoms with Crippen molar-refractivity contribution in [2.45, 2.75) is 32.1 Å². The second kappa shape index (κ2) is 6.48. The van der Waals surface area contributed by atoms with Gasteiger partial charge in [0.2, 0.25) is 5.91 Å². The summed E-state index contributed by atoms with van der Waals surface area (Å²) in [7, 11) is 0. The molecule has 5 heteroatoms. The minimum atomic E-state index is -0.868. The van der Waals surface area contributed by atoms with Gasteiger partial charge in [-0.05, 0) is 25.7 Å². The van der Waals surface area contributed by atoms with Gasteiger partial charge >= 0.3 is 5.97 Å². The molecule has 2 unspecified atom stereocenters. The fourth-order valence-electron chi connectivity index (χ4n) is 2.15. The molecule has 1 fully saturated rings. The maximum atomic E-state index is 11.7. The lowest BCUT2D eigenvalue weighted by Crippen LogP contribution is -2.35. The Labute approximate surface area is 94.8 Å². The molecule has 92 valence electrons. The Morgan fingerprint density at radius 1 is 1.19 bits per heavy atom. The number of carboxylic acid groups (broad SMARTS) is 1. The molecule has 0 spiro atoms. The van der Waals surface area contributed by atoms with Crippen LogP contribution < -0.4 is 5.32 Å². The van der Waals surface area contributed by atoms with Crippen LogP contribution in [-0.2, 0) is 9.59 Å². The van der Waals surface area contributed by atoms with Crippen molar-refractivity contribution in [1.82, 2.24) is 5.32 Å². The molecule has 1 saturated carbocycles. The van der Waals surface area contributed by atoms with E-state index in [0.29, 0.717) is 25.8 Å². The molecule has 0 aromatic heterocycles. The molecule has 0 aromatic rings. The first-order valence-electron chi connectivity index (χ1n) is 5.78. The first-order chi connectivity index (χ1) is 7.66. The minimum absolute atomic E-state index is 0.122. The number of aliphatic carboxylic acids is 1. The topological polar surface area (TPSA) is 86.6 Å². The van der Waals surface area contributed by atoms with Crippen LogP contribution in [0.5, 0.6) is 0 Å². The first-order valence-corrected chi connectivity index (χ1v) is 5.78. The predicted octanol–water partition coefficient (Wildman–Crippen LogP) is 0.376. The Bertz CT molecular complexity index is 254. The molecular formula is C11H19NO4. The smallest absolute Gasteiger partial charge is 0.307 e. The number of hydrogen-bond acceptors (Lipinski definition) is 3. The van der Waals surface area contributed by atoms with E-state index in [9.17, 15) is 9.59 Å². The molecule has 0 radical (unpaired) electrons. The van der Waals surface area contributed by atoms with Gasteiger partial charge in [-0.25, -0.2) is 0 Å². The number of unbranched alkanes of at least 4 members (excludes halogenated alkanes) is 1. The molecule has 1 aliphatic rings. The molecule has 0 aliphatic heterocycles. The van der Waals surface area contributed by atoms with Gasteiger partial charge in [-0.1, -0.05) is 6.42 Å². The van der Waals surface area contributed by atoms with Crippen LogP contribution in [-0.4, -0.2) is 35.2 Å². The van der Waals surface area contributed by atoms with Gasteiger partial charge in [-0.3, -0.25) is 9.59 Å². The Morgan fingerprint density at radius 2 is 1.88 bits per heavy atom. The van der Waals surface area contributed by atoms with Crippen LogP contribution in [0.2, 0.25) is 0 Å². The first kappa shape index (κ1) is 13.0. The molecule has 5 nitrogen and oxygen atoms in total. The highest BCUT2D eigenvalue weighted by Crippen LogP contribution is 2.31. The number of carboxylic acids is 1. The van der Waals surface area contributed by atoms with Crippen LogP contribution in [0.15, 0.2) is 0 Å². The molecule has 1 aliphatic carbocycles. The van der Waals surface area contributed by atoms with E-state index in [4.69, 9.17) is 10.2 Å². The summed E-state index contributed by atoms with van der Waals surface area (Å²) in [5.74, 6) is -1.90. The molecule has 1 rings (SSSR count). The predicted molar refractivity (Wildman–Crippen MR) is 57.8 cm³/mol. The summed E-state index contributed by atoms with van der Waals surface area (Å²) < 4.78 is 0. The fraction of sp³-hybridized carbons (Fsp3) is 0.818. The van der Waals surface area contributed by atoms with Crippen LogP contribution in [0.3, 0.4) is 0 Å². The normalized spacial score (nSPS) is 24.3. The average molecular weight is 229 g/mol. The standard InChI is InChI=1S/C11H19NO4/c13-7-2-1-6-12-10(14)8-4-3-5-9(8)11(15)16/h8-9,13H,1-7H2,(H,12,14)(H,15,16). The molecule has 0 saturated heterocycles. The molecular weight excluding hydrogens is 210 g/mol. The zero-order chi connectivity index (χ0) is 12.0. The van der Waals surface area contributed by atoms with E-state index in [0.717, 1.165) is 12.8 Å². The lowest BCUT2D eigenvalue weighted by atomic mass is 9.95. The summed E-state index contributed by atoms with van der Waals surface area (Å²) in [6.07, 6.45) is 3.47. The lowest BCUT2D eigenvalue weighted by molar-refractivity contribution is -0.146. The van der Waals surface area contributed by atoms with Crippen LogP contribution in [0, 0.1) is 11.8 Å². The SMILES string of the molecule is O=C(O)C1CCCC1C(=O)NCCCCO. The Morgan fingerprint density at radius 3 is 2.50 bits per heavy atom. The highest BCUT2D eigenvalue weighted by Gasteiger charge is 2.37. The highest BCUT2D eigenvalue weighted by atomic mass is 16.4. The zero-order valence-electron chi connectivity index (χ0n) is 9.32. The molecule has 2 atom stereocenters. The number of rotatable bonds is 6. The van der Waals surface area contributed by atoms with Gasteiger partial charge < -0.3 is 15.5 Å². The van der Waals surface area contributed by atoms with E-state index < -0.39 is 11.9 Å². The van der Waals surface area contributed by atoms with Crippen molar-refractivity contribution < 1.29 is 19.8 Å². The molecule has 0 heterocycles. The summed E-state index contributed by atoms with van der Waals surface area (Å²) in [6, 6.07) is 0. The van der Waals surface area contributed by atoms with Crippen molar-refractivity contribution in [3.05, 3.63) is 0 Å². The van der Waals surface area contributed by atoms with Gasteiger partial charge in [0.25, 0.3) is 0 Å². The number of aliphatic hydroxyl groups is 1. The Hall–Kier alpha value is -1.10. The van der Waals surface area contributed by atoms with Crippen LogP contribution in [0.1, 0.15) is 32.1 Å². The van der Waals surface area contributed by atoms with Gasteiger partial charge in [0.05, 0.1) is 11.8 Å². The van der Waals surface area contributed by atoms with Crippen LogP contribution >= 0.6 is 0 Å². The summed E-state index contributed by atoms with van der Waals surface area (Å²) in [5, 5.41) is 20.2. The maximum Gasteiger partial charge on any atom is 0.307 e. The minimum Gasteiger partial charge on any atom is -0.481 e. The zero-order valence-corrected chi connectivity index (χ0v) is 9.32. The van der Waals surface area contributed by atoms with E-state index in [1.54, 1.807) is 0 Å². The van der Waals surface area contributed by atoms with Gasteiger partial charge in [-0.15, -0.1) is 0 Å². The quantitative estimate of drug-likeness (QED) is 0.574. The molecule has 1 amide bonds. The Kier molecular flexibility index (Phi) is 5.25. The van der Waals surface area contributed by atoms with E-state index in [2.05, 4.69) is 5.32 Å². The van der Waals surface area contributed by atoms with Crippen molar-refractivity contribution in [2.24, 2.45) is 11.8 Å². The van der Waals surface area contributed by atoms with E-state index in [1.165, 1.54) is 0 Å². The summed E-state index contributed by atoms with van der Waals surface area (Å²) in [5.41, 5.74) is 0. The van der Waals surface area contributed by atoms with Crippen molar-refractivity contribution in [2.75, 3.05) is 13.2 Å². The largest absolute Gasteiger partial charge is 0.481 e. The van der Waals surface area contributed by atoms with Crippen molar-refractivity contribution in [3.63, 3.8) is 0 Å². The van der Waals surface area contributed by atoms with E-state index in [1.807, 2.05) is 0 Å². The summed E-state index contributed by atoms with van der Waals surface area (Å²) >= 11 is 0. The van der Waals surface area contributed by atoms with Crippen LogP contribution in [0.25, 0.3) is 0 Å². The number of amides is 1. The maximum absolute atomic E-state index is 11.7. The number of hydrogen-bond donors (Lipinski definition) is 3. The third-order valence-corrected chi connectivity index (χ3v) is 3.05. The highest BCUT2D eigenvalue weighted by molar-refractivity contribution is 5.85. The monoisotopic (exact) mass is 229 g/mol. The third-order valence-electron chi connectivity index (χ3n) is 3.05. The second-order valence-electron chi connectivity index (χ2n) is 4.20. The van der Waals surface area contributed by atoms with E-state index in [-0.39, 0.29) is 18.4 Å².